The Morgan fingerprint density at radius 2 is 1.81 bits per heavy atom. The molecule has 3 nitrogen and oxygen atoms in total. The molecule has 1 aromatic rings. The normalized spacial score (nSPS) is 20.2. The Hall–Kier alpha value is -1.35. The maximum Gasteiger partial charge on any atom is 0.251 e. The molecule has 1 aliphatic heterocycles. The van der Waals surface area contributed by atoms with E-state index in [0.29, 0.717) is 6.04 Å². The number of carbonyl (C=O) groups excluding carboxylic acids is 1. The Labute approximate surface area is 127 Å². The van der Waals surface area contributed by atoms with E-state index in [9.17, 15) is 4.79 Å². The van der Waals surface area contributed by atoms with Crippen molar-refractivity contribution in [1.82, 2.24) is 10.6 Å². The summed E-state index contributed by atoms with van der Waals surface area (Å²) in [6, 6.07) is 6.55. The van der Waals surface area contributed by atoms with E-state index in [1.165, 1.54) is 43.2 Å². The molecule has 2 aliphatic rings. The highest BCUT2D eigenvalue weighted by molar-refractivity contribution is 5.94. The van der Waals surface area contributed by atoms with E-state index in [1.807, 2.05) is 6.07 Å². The Morgan fingerprint density at radius 1 is 1.05 bits per heavy atom. The molecule has 1 heterocycles. The lowest BCUT2D eigenvalue weighted by Gasteiger charge is -2.22. The van der Waals surface area contributed by atoms with Crippen LogP contribution in [0.5, 0.6) is 0 Å². The van der Waals surface area contributed by atoms with E-state index < -0.39 is 0 Å². The van der Waals surface area contributed by atoms with Crippen molar-refractivity contribution in [2.24, 2.45) is 0 Å². The fourth-order valence-corrected chi connectivity index (χ4v) is 3.49. The molecule has 1 saturated carbocycles. The molecule has 0 bridgehead atoms. The molecular formula is C18H26N2O. The van der Waals surface area contributed by atoms with E-state index in [-0.39, 0.29) is 5.91 Å². The fourth-order valence-electron chi connectivity index (χ4n) is 3.49. The number of amides is 1. The lowest BCUT2D eigenvalue weighted by atomic mass is 9.95. The van der Waals surface area contributed by atoms with E-state index in [2.05, 4.69) is 22.8 Å². The van der Waals surface area contributed by atoms with Gasteiger partial charge in [0.05, 0.1) is 0 Å². The molecular weight excluding hydrogens is 260 g/mol. The van der Waals surface area contributed by atoms with Crippen molar-refractivity contribution < 1.29 is 4.79 Å². The maximum absolute atomic E-state index is 12.5. The largest absolute Gasteiger partial charge is 0.349 e. The molecule has 1 aromatic carbocycles. The molecule has 1 fully saturated rings. The first kappa shape index (κ1) is 14.6. The zero-order chi connectivity index (χ0) is 14.5. The molecule has 2 N–H and O–H groups in total. The second-order valence-electron chi connectivity index (χ2n) is 6.43. The van der Waals surface area contributed by atoms with Crippen molar-refractivity contribution in [3.05, 3.63) is 34.9 Å². The summed E-state index contributed by atoms with van der Waals surface area (Å²) in [6.07, 6.45) is 9.83. The van der Waals surface area contributed by atoms with Crippen molar-refractivity contribution >= 4 is 5.91 Å². The third-order valence-electron chi connectivity index (χ3n) is 4.80. The molecule has 1 amide bonds. The molecule has 0 radical (unpaired) electrons. The second-order valence-corrected chi connectivity index (χ2v) is 6.43. The van der Waals surface area contributed by atoms with Crippen molar-refractivity contribution in [3.8, 4) is 0 Å². The van der Waals surface area contributed by atoms with Crippen LogP contribution < -0.4 is 10.6 Å². The predicted octanol–water partition coefficient (Wildman–Crippen LogP) is 3.18. The molecule has 0 aromatic heterocycles. The Kier molecular flexibility index (Phi) is 4.91. The highest BCUT2D eigenvalue weighted by Gasteiger charge is 2.17. The minimum absolute atomic E-state index is 0.106. The Bertz CT molecular complexity index is 490. The third-order valence-corrected chi connectivity index (χ3v) is 4.80. The summed E-state index contributed by atoms with van der Waals surface area (Å²) in [5, 5.41) is 6.62. The summed E-state index contributed by atoms with van der Waals surface area (Å²) < 4.78 is 0. The summed E-state index contributed by atoms with van der Waals surface area (Å²) in [5.74, 6) is 0.106. The van der Waals surface area contributed by atoms with Crippen molar-refractivity contribution in [1.29, 1.82) is 0 Å². The Balaban J connectivity index is 1.64. The van der Waals surface area contributed by atoms with Gasteiger partial charge in [-0.05, 0) is 49.1 Å². The summed E-state index contributed by atoms with van der Waals surface area (Å²) in [7, 11) is 0. The van der Waals surface area contributed by atoms with Gasteiger partial charge in [-0.3, -0.25) is 4.79 Å². The van der Waals surface area contributed by atoms with E-state index in [4.69, 9.17) is 0 Å². The number of carbonyl (C=O) groups is 1. The van der Waals surface area contributed by atoms with Gasteiger partial charge in [-0.25, -0.2) is 0 Å². The number of rotatable bonds is 2. The van der Waals surface area contributed by atoms with Crippen LogP contribution in [-0.2, 0) is 13.0 Å². The summed E-state index contributed by atoms with van der Waals surface area (Å²) in [4.78, 5) is 12.5. The number of fused-ring (bicyclic) bond motifs is 1. The number of hydrogen-bond acceptors (Lipinski definition) is 2. The van der Waals surface area contributed by atoms with E-state index in [1.54, 1.807) is 0 Å². The molecule has 0 atom stereocenters. The number of nitrogens with one attached hydrogen (secondary N) is 2. The fraction of sp³-hybridized carbons (Fsp3) is 0.611. The molecule has 21 heavy (non-hydrogen) atoms. The van der Waals surface area contributed by atoms with Crippen LogP contribution in [0.3, 0.4) is 0 Å². The van der Waals surface area contributed by atoms with Crippen LogP contribution >= 0.6 is 0 Å². The zero-order valence-corrected chi connectivity index (χ0v) is 12.8. The van der Waals surface area contributed by atoms with Crippen LogP contribution in [0.4, 0.5) is 0 Å². The average Bonchev–Trinajstić information content (AvgIpc) is 2.49. The first-order valence-corrected chi connectivity index (χ1v) is 8.46. The summed E-state index contributed by atoms with van der Waals surface area (Å²) in [5.41, 5.74) is 3.49. The highest BCUT2D eigenvalue weighted by atomic mass is 16.1. The molecule has 1 aliphatic carbocycles. The zero-order valence-electron chi connectivity index (χ0n) is 12.8. The standard InChI is InChI=1S/C18H26N2O/c21-18(20-17-6-4-2-1-3-5-7-17)15-9-8-14-10-11-19-13-16(14)12-15/h8-9,12,17,19H,1-7,10-11,13H2,(H,20,21). The van der Waals surface area contributed by atoms with Crippen LogP contribution in [0.15, 0.2) is 18.2 Å². The van der Waals surface area contributed by atoms with Gasteiger partial charge in [0.15, 0.2) is 0 Å². The lowest BCUT2D eigenvalue weighted by molar-refractivity contribution is 0.0930. The quantitative estimate of drug-likeness (QED) is 0.876. The number of benzene rings is 1. The molecule has 3 heteroatoms. The second kappa shape index (κ2) is 7.08. The SMILES string of the molecule is O=C(NC1CCCCCCC1)c1ccc2c(c1)CNCC2. The van der Waals surface area contributed by atoms with Crippen molar-refractivity contribution in [3.63, 3.8) is 0 Å². The predicted molar refractivity (Wildman–Crippen MR) is 85.4 cm³/mol. The van der Waals surface area contributed by atoms with Gasteiger partial charge in [0.1, 0.15) is 0 Å². The summed E-state index contributed by atoms with van der Waals surface area (Å²) in [6.45, 7) is 1.93. The third kappa shape index (κ3) is 3.85. The van der Waals surface area contributed by atoms with Gasteiger partial charge in [0.25, 0.3) is 5.91 Å². The van der Waals surface area contributed by atoms with Crippen LogP contribution in [-0.4, -0.2) is 18.5 Å². The maximum atomic E-state index is 12.5. The average molecular weight is 286 g/mol. The highest BCUT2D eigenvalue weighted by Crippen LogP contribution is 2.19. The van der Waals surface area contributed by atoms with Crippen molar-refractivity contribution in [2.45, 2.75) is 64.0 Å². The van der Waals surface area contributed by atoms with Gasteiger partial charge < -0.3 is 10.6 Å². The van der Waals surface area contributed by atoms with Crippen LogP contribution in [0.1, 0.15) is 66.4 Å². The number of hydrogen-bond donors (Lipinski definition) is 2. The monoisotopic (exact) mass is 286 g/mol. The first-order valence-electron chi connectivity index (χ1n) is 8.46. The molecule has 0 unspecified atom stereocenters. The van der Waals surface area contributed by atoms with Crippen molar-refractivity contribution in [2.75, 3.05) is 6.54 Å². The van der Waals surface area contributed by atoms with Crippen LogP contribution in [0.2, 0.25) is 0 Å². The Morgan fingerprint density at radius 3 is 2.62 bits per heavy atom. The van der Waals surface area contributed by atoms with Gasteiger partial charge in [-0.2, -0.15) is 0 Å². The van der Waals surface area contributed by atoms with Gasteiger partial charge in [0, 0.05) is 18.2 Å². The van der Waals surface area contributed by atoms with Gasteiger partial charge in [0.2, 0.25) is 0 Å². The molecule has 0 spiro atoms. The first-order chi connectivity index (χ1) is 10.3. The lowest BCUT2D eigenvalue weighted by Crippen LogP contribution is -2.35. The molecule has 0 saturated heterocycles. The molecule has 114 valence electrons. The minimum atomic E-state index is 0.106. The van der Waals surface area contributed by atoms with E-state index in [0.717, 1.165) is 37.9 Å². The summed E-state index contributed by atoms with van der Waals surface area (Å²) >= 11 is 0. The van der Waals surface area contributed by atoms with Crippen LogP contribution in [0, 0.1) is 0 Å². The van der Waals surface area contributed by atoms with Gasteiger partial charge in [-0.1, -0.05) is 38.2 Å². The van der Waals surface area contributed by atoms with Gasteiger partial charge >= 0.3 is 0 Å². The van der Waals surface area contributed by atoms with Gasteiger partial charge in [-0.15, -0.1) is 0 Å². The van der Waals surface area contributed by atoms with Crippen LogP contribution in [0.25, 0.3) is 0 Å². The minimum Gasteiger partial charge on any atom is -0.349 e. The van der Waals surface area contributed by atoms with E-state index >= 15 is 0 Å². The topological polar surface area (TPSA) is 41.1 Å². The smallest absolute Gasteiger partial charge is 0.251 e. The molecule has 3 rings (SSSR count).